The molecule has 2 aromatic carbocycles. The average Bonchev–Trinajstić information content (AvgIpc) is 3.37. The third kappa shape index (κ3) is 4.01. The van der Waals surface area contributed by atoms with Crippen LogP contribution in [0.3, 0.4) is 0 Å². The highest BCUT2D eigenvalue weighted by atomic mass is 32.2. The monoisotopic (exact) mass is 383 g/mol. The van der Waals surface area contributed by atoms with Gasteiger partial charge in [0.15, 0.2) is 5.76 Å². The minimum absolute atomic E-state index is 0.295. The summed E-state index contributed by atoms with van der Waals surface area (Å²) in [6, 6.07) is 13.5. The van der Waals surface area contributed by atoms with Crippen LogP contribution < -0.4 is 4.74 Å². The number of ether oxygens (including phenoxy) is 1. The van der Waals surface area contributed by atoms with Crippen molar-refractivity contribution in [3.05, 3.63) is 66.4 Å². The third-order valence-corrected chi connectivity index (χ3v) is 4.56. The zero-order valence-electron chi connectivity index (χ0n) is 14.3. The lowest BCUT2D eigenvalue weighted by molar-refractivity contribution is 0.390. The summed E-state index contributed by atoms with van der Waals surface area (Å²) in [7, 11) is 1.61. The number of hydrogen-bond acceptors (Lipinski definition) is 7. The second-order valence-electron chi connectivity index (χ2n) is 5.53. The van der Waals surface area contributed by atoms with E-state index < -0.39 is 0 Å². The molecule has 0 atom stereocenters. The van der Waals surface area contributed by atoms with Gasteiger partial charge in [0.2, 0.25) is 11.7 Å². The van der Waals surface area contributed by atoms with Crippen molar-refractivity contribution in [1.82, 2.24) is 15.1 Å². The quantitative estimate of drug-likeness (QED) is 0.441. The van der Waals surface area contributed by atoms with E-state index >= 15 is 0 Å². The van der Waals surface area contributed by atoms with Crippen LogP contribution in [0.25, 0.3) is 22.7 Å². The SMILES string of the molecule is COc1cccc(-c2noc(CSc3ncc(-c4ccc(F)cc4)o3)n2)c1. The van der Waals surface area contributed by atoms with E-state index in [9.17, 15) is 4.39 Å². The molecule has 0 aliphatic heterocycles. The molecule has 8 heteroatoms. The Kier molecular flexibility index (Phi) is 4.88. The van der Waals surface area contributed by atoms with E-state index in [1.165, 1.54) is 23.9 Å². The Morgan fingerprint density at radius 2 is 1.96 bits per heavy atom. The van der Waals surface area contributed by atoms with Gasteiger partial charge in [0.05, 0.1) is 19.1 Å². The molecule has 0 aliphatic rings. The van der Waals surface area contributed by atoms with Gasteiger partial charge >= 0.3 is 0 Å². The number of rotatable bonds is 6. The summed E-state index contributed by atoms with van der Waals surface area (Å²) >= 11 is 1.34. The number of halogens is 1. The largest absolute Gasteiger partial charge is 0.497 e. The van der Waals surface area contributed by atoms with E-state index in [1.807, 2.05) is 24.3 Å². The molecule has 0 radical (unpaired) electrons. The fourth-order valence-electron chi connectivity index (χ4n) is 2.39. The molecular formula is C19H14FN3O3S. The van der Waals surface area contributed by atoms with Crippen LogP contribution in [0.4, 0.5) is 4.39 Å². The number of aromatic nitrogens is 3. The Hall–Kier alpha value is -3.13. The topological polar surface area (TPSA) is 74.2 Å². The first-order valence-corrected chi connectivity index (χ1v) is 9.01. The van der Waals surface area contributed by atoms with E-state index in [-0.39, 0.29) is 5.82 Å². The van der Waals surface area contributed by atoms with E-state index in [4.69, 9.17) is 13.7 Å². The molecule has 0 spiro atoms. The molecule has 136 valence electrons. The van der Waals surface area contributed by atoms with Crippen molar-refractivity contribution in [2.24, 2.45) is 0 Å². The fraction of sp³-hybridized carbons (Fsp3) is 0.105. The lowest BCUT2D eigenvalue weighted by Gasteiger charge is -1.99. The summed E-state index contributed by atoms with van der Waals surface area (Å²) in [4.78, 5) is 8.59. The molecule has 0 unspecified atom stereocenters. The number of benzene rings is 2. The molecule has 4 rings (SSSR count). The van der Waals surface area contributed by atoms with Crippen LogP contribution in [0.15, 0.2) is 68.9 Å². The van der Waals surface area contributed by atoms with Crippen molar-refractivity contribution in [3.63, 3.8) is 0 Å². The standard InChI is InChI=1S/C19H14FN3O3S/c1-24-15-4-2-3-13(9-15)18-22-17(26-23-18)11-27-19-21-10-16(25-19)12-5-7-14(20)8-6-12/h2-10H,11H2,1H3. The highest BCUT2D eigenvalue weighted by Gasteiger charge is 2.12. The summed E-state index contributed by atoms with van der Waals surface area (Å²) in [5.74, 6) is 2.36. The predicted molar refractivity (Wildman–Crippen MR) is 97.7 cm³/mol. The van der Waals surface area contributed by atoms with Crippen molar-refractivity contribution >= 4 is 11.8 Å². The molecule has 4 aromatic rings. The Balaban J connectivity index is 1.42. The third-order valence-electron chi connectivity index (χ3n) is 3.73. The maximum atomic E-state index is 13.0. The lowest BCUT2D eigenvalue weighted by Crippen LogP contribution is -1.86. The van der Waals surface area contributed by atoms with Gasteiger partial charge in [0, 0.05) is 11.1 Å². The van der Waals surface area contributed by atoms with E-state index in [0.29, 0.717) is 28.5 Å². The van der Waals surface area contributed by atoms with E-state index in [1.54, 1.807) is 25.4 Å². The molecule has 0 saturated carbocycles. The van der Waals surface area contributed by atoms with Crippen LogP contribution in [0.5, 0.6) is 5.75 Å². The van der Waals surface area contributed by atoms with Crippen molar-refractivity contribution in [1.29, 1.82) is 0 Å². The fourth-order valence-corrected chi connectivity index (χ4v) is 3.03. The maximum Gasteiger partial charge on any atom is 0.256 e. The van der Waals surface area contributed by atoms with E-state index in [2.05, 4.69) is 15.1 Å². The Morgan fingerprint density at radius 1 is 1.11 bits per heavy atom. The molecular weight excluding hydrogens is 369 g/mol. The minimum atomic E-state index is -0.295. The average molecular weight is 383 g/mol. The van der Waals surface area contributed by atoms with Gasteiger partial charge in [0.25, 0.3) is 5.22 Å². The van der Waals surface area contributed by atoms with Crippen LogP contribution in [0, 0.1) is 5.82 Å². The maximum absolute atomic E-state index is 13.0. The minimum Gasteiger partial charge on any atom is -0.497 e. The van der Waals surface area contributed by atoms with E-state index in [0.717, 1.165) is 16.9 Å². The summed E-state index contributed by atoms with van der Waals surface area (Å²) < 4.78 is 29.2. The van der Waals surface area contributed by atoms with Gasteiger partial charge in [0.1, 0.15) is 11.6 Å². The smallest absolute Gasteiger partial charge is 0.256 e. The molecule has 0 N–H and O–H groups in total. The molecule has 0 aliphatic carbocycles. The second-order valence-corrected chi connectivity index (χ2v) is 6.46. The molecule has 0 fully saturated rings. The van der Waals surface area contributed by atoms with Crippen LogP contribution >= 0.6 is 11.8 Å². The summed E-state index contributed by atoms with van der Waals surface area (Å²) in [6.45, 7) is 0. The molecule has 2 aromatic heterocycles. The normalized spacial score (nSPS) is 10.9. The van der Waals surface area contributed by atoms with Crippen molar-refractivity contribution in [2.45, 2.75) is 11.0 Å². The first-order valence-electron chi connectivity index (χ1n) is 8.03. The van der Waals surface area contributed by atoms with Crippen LogP contribution in [-0.4, -0.2) is 22.2 Å². The molecule has 0 saturated heterocycles. The van der Waals surface area contributed by atoms with Gasteiger partial charge < -0.3 is 13.7 Å². The van der Waals surface area contributed by atoms with Gasteiger partial charge in [-0.25, -0.2) is 9.37 Å². The summed E-state index contributed by atoms with van der Waals surface area (Å²) in [5.41, 5.74) is 1.57. The van der Waals surface area contributed by atoms with Gasteiger partial charge in [-0.2, -0.15) is 4.98 Å². The number of hydrogen-bond donors (Lipinski definition) is 0. The summed E-state index contributed by atoms with van der Waals surface area (Å²) in [6.07, 6.45) is 1.60. The highest BCUT2D eigenvalue weighted by Crippen LogP contribution is 2.28. The van der Waals surface area contributed by atoms with Crippen LogP contribution in [-0.2, 0) is 5.75 Å². The van der Waals surface area contributed by atoms with Gasteiger partial charge in [-0.1, -0.05) is 29.1 Å². The number of oxazole rings is 1. The first-order chi connectivity index (χ1) is 13.2. The van der Waals surface area contributed by atoms with Crippen LogP contribution in [0.2, 0.25) is 0 Å². The number of methoxy groups -OCH3 is 1. The Labute approximate surface area is 158 Å². The van der Waals surface area contributed by atoms with Crippen molar-refractivity contribution in [2.75, 3.05) is 7.11 Å². The predicted octanol–water partition coefficient (Wildman–Crippen LogP) is 4.83. The zero-order valence-corrected chi connectivity index (χ0v) is 15.1. The highest BCUT2D eigenvalue weighted by molar-refractivity contribution is 7.98. The number of thioether (sulfide) groups is 1. The summed E-state index contributed by atoms with van der Waals surface area (Å²) in [5, 5.41) is 4.46. The van der Waals surface area contributed by atoms with Crippen molar-refractivity contribution in [3.8, 4) is 28.5 Å². The zero-order chi connectivity index (χ0) is 18.6. The molecule has 6 nitrogen and oxygen atoms in total. The Morgan fingerprint density at radius 3 is 2.78 bits per heavy atom. The molecule has 0 amide bonds. The van der Waals surface area contributed by atoms with Crippen LogP contribution in [0.1, 0.15) is 5.89 Å². The van der Waals surface area contributed by atoms with Gasteiger partial charge in [-0.3, -0.25) is 0 Å². The van der Waals surface area contributed by atoms with Gasteiger partial charge in [-0.05, 0) is 36.4 Å². The van der Waals surface area contributed by atoms with Gasteiger partial charge in [-0.15, -0.1) is 0 Å². The molecule has 2 heterocycles. The van der Waals surface area contributed by atoms with Crippen molar-refractivity contribution < 1.29 is 18.1 Å². The Bertz CT molecular complexity index is 1050. The first kappa shape index (κ1) is 17.3. The molecule has 0 bridgehead atoms. The number of nitrogens with zero attached hydrogens (tertiary/aromatic N) is 3. The second kappa shape index (κ2) is 7.63. The molecule has 27 heavy (non-hydrogen) atoms. The lowest BCUT2D eigenvalue weighted by atomic mass is 10.2.